The highest BCUT2D eigenvalue weighted by Crippen LogP contribution is 2.22. The van der Waals surface area contributed by atoms with Crippen LogP contribution in [0.25, 0.3) is 10.8 Å². The van der Waals surface area contributed by atoms with Crippen LogP contribution in [0, 0.1) is 5.92 Å². The lowest BCUT2D eigenvalue weighted by atomic mass is 9.96. The summed E-state index contributed by atoms with van der Waals surface area (Å²) in [7, 11) is 2.16. The Balaban J connectivity index is 1.89. The highest BCUT2D eigenvalue weighted by molar-refractivity contribution is 7.13. The van der Waals surface area contributed by atoms with Crippen LogP contribution in [0.3, 0.4) is 0 Å². The molecule has 14 unspecified atom stereocenters. The molecule has 4 rings (SSSR count). The number of ketones is 1. The normalized spacial score (nSPS) is 21.0. The minimum absolute atomic E-state index is 0.0156. The van der Waals surface area contributed by atoms with E-state index in [2.05, 4.69) is 74.6 Å². The zero-order valence-electron chi connectivity index (χ0n) is 64.7. The van der Waals surface area contributed by atoms with E-state index in [1.54, 1.807) is 42.5 Å². The molecule has 1 fully saturated rings. The van der Waals surface area contributed by atoms with Crippen molar-refractivity contribution < 1.29 is 126 Å². The zero-order chi connectivity index (χ0) is 87.2. The van der Waals surface area contributed by atoms with Gasteiger partial charge in [-0.15, -0.1) is 0 Å². The number of para-hydroxylation sites is 1. The first-order valence-electron chi connectivity index (χ1n) is 37.5. The van der Waals surface area contributed by atoms with Crippen LogP contribution in [0.15, 0.2) is 66.7 Å². The summed E-state index contributed by atoms with van der Waals surface area (Å²) >= 11 is 0. The van der Waals surface area contributed by atoms with Crippen LogP contribution >= 0.6 is 9.39 Å². The minimum atomic E-state index is -2.44. The van der Waals surface area contributed by atoms with Gasteiger partial charge in [-0.1, -0.05) is 116 Å². The third-order valence-electron chi connectivity index (χ3n) is 18.2. The van der Waals surface area contributed by atoms with E-state index in [9.17, 15) is 121 Å². The Labute approximate surface area is 672 Å². The maximum atomic E-state index is 14.9. The summed E-state index contributed by atoms with van der Waals surface area (Å²) in [5.74, 6) is -29.6. The van der Waals surface area contributed by atoms with Gasteiger partial charge in [0.25, 0.3) is 0 Å². The van der Waals surface area contributed by atoms with E-state index in [4.69, 9.17) is 16.2 Å². The Hall–Kier alpha value is -12.3. The van der Waals surface area contributed by atoms with E-state index in [0.717, 1.165) is 58.3 Å². The highest BCUT2D eigenvalue weighted by atomic mass is 31.0. The molecule has 0 saturated carbocycles. The lowest BCUT2D eigenvalue weighted by Gasteiger charge is -2.30. The van der Waals surface area contributed by atoms with E-state index < -0.39 is 255 Å². The molecule has 1 aliphatic heterocycles. The van der Waals surface area contributed by atoms with E-state index in [0.29, 0.717) is 23.8 Å². The van der Waals surface area contributed by atoms with E-state index in [1.807, 2.05) is 16.0 Å². The van der Waals surface area contributed by atoms with Gasteiger partial charge in [-0.05, 0) is 74.0 Å². The van der Waals surface area contributed by atoms with Crippen LogP contribution in [0.1, 0.15) is 146 Å². The Morgan fingerprint density at radius 3 is 1.68 bits per heavy atom. The van der Waals surface area contributed by atoms with E-state index in [-0.39, 0.29) is 43.5 Å². The summed E-state index contributed by atoms with van der Waals surface area (Å²) in [5.41, 5.74) is 11.8. The van der Waals surface area contributed by atoms with Crippen molar-refractivity contribution in [1.82, 2.24) is 74.2 Å². The molecule has 0 radical (unpaired) electrons. The lowest BCUT2D eigenvalue weighted by molar-refractivity contribution is -0.156. The number of hydrogen-bond acceptors (Lipinski definition) is 24. The van der Waals surface area contributed by atoms with Crippen molar-refractivity contribution in [3.05, 3.63) is 77.9 Å². The van der Waals surface area contributed by atoms with Gasteiger partial charge in [-0.3, -0.25) is 91.1 Å². The number of anilines is 1. The third-order valence-corrected chi connectivity index (χ3v) is 18.5. The molecule has 14 amide bonds. The SMILES string of the molecule is CCCCCCCCCC(=O)NC(Cc1cccc2ccccc12)C(=O)NC(CC(N)=O)C(=O)NC(CC(=O)O)C(=O)NC1C(=O)NCC(=O)NC(CCCNP)C(=O)NC(CC(=O)O)C(=O)NC(C)C(=O)NC(CC(=O)O)C(=O)NCC(=O)NC(CO)C(=O)NC(C(C)CC(=O)O)C(=O)NC(CC(=O)c2ccccc2N)C(=O)OC1C. The van der Waals surface area contributed by atoms with Gasteiger partial charge in [-0.2, -0.15) is 0 Å². The largest absolute Gasteiger partial charge is 0.481 e. The fourth-order valence-electron chi connectivity index (χ4n) is 12.0. The summed E-state index contributed by atoms with van der Waals surface area (Å²) < 4.78 is 5.70. The number of carbonyl (C=O) groups excluding carboxylic acids is 16. The van der Waals surface area contributed by atoms with Gasteiger partial charge in [0.1, 0.15) is 72.6 Å². The number of benzene rings is 3. The van der Waals surface area contributed by atoms with Gasteiger partial charge < -0.3 is 116 Å². The highest BCUT2D eigenvalue weighted by Gasteiger charge is 2.41. The van der Waals surface area contributed by atoms with Crippen molar-refractivity contribution in [2.45, 2.75) is 209 Å². The average Bonchev–Trinajstić information content (AvgIpc) is 0.826. The molecule has 1 aliphatic rings. The number of carbonyl (C=O) groups is 20. The Kier molecular flexibility index (Phi) is 41.0. The van der Waals surface area contributed by atoms with E-state index in [1.165, 1.54) is 24.3 Å². The molecule has 640 valence electrons. The third kappa shape index (κ3) is 33.9. The van der Waals surface area contributed by atoms with Gasteiger partial charge in [0.2, 0.25) is 82.7 Å². The number of aliphatic carboxylic acids is 4. The van der Waals surface area contributed by atoms with Crippen LogP contribution in [0.2, 0.25) is 0 Å². The number of rotatable bonds is 36. The van der Waals surface area contributed by atoms with Crippen LogP contribution in [0.4, 0.5) is 5.69 Å². The maximum absolute atomic E-state index is 14.9. The van der Waals surface area contributed by atoms with Crippen molar-refractivity contribution in [3.63, 3.8) is 0 Å². The molecule has 0 aliphatic carbocycles. The maximum Gasteiger partial charge on any atom is 0.329 e. The molecule has 14 atom stereocenters. The van der Waals surface area contributed by atoms with Gasteiger partial charge >= 0.3 is 29.8 Å². The van der Waals surface area contributed by atoms with Gasteiger partial charge in [0.15, 0.2) is 5.78 Å². The minimum Gasteiger partial charge on any atom is -0.481 e. The summed E-state index contributed by atoms with van der Waals surface area (Å²) in [4.78, 5) is 274. The first kappa shape index (κ1) is 97.0. The number of nitrogens with two attached hydrogens (primary N) is 2. The summed E-state index contributed by atoms with van der Waals surface area (Å²) in [6.07, 6.45) is -3.68. The fourth-order valence-corrected chi connectivity index (χ4v) is 12.2. The molecule has 117 heavy (non-hydrogen) atoms. The van der Waals surface area contributed by atoms with Crippen molar-refractivity contribution >= 4 is 144 Å². The molecule has 43 heteroatoms. The predicted octanol–water partition coefficient (Wildman–Crippen LogP) is -4.53. The number of cyclic esters (lactones) is 1. The number of aliphatic hydroxyl groups excluding tert-OH is 1. The average molecular weight is 1660 g/mol. The van der Waals surface area contributed by atoms with Crippen LogP contribution in [0.5, 0.6) is 0 Å². The van der Waals surface area contributed by atoms with Crippen molar-refractivity contribution in [2.75, 3.05) is 32.0 Å². The van der Waals surface area contributed by atoms with Crippen LogP contribution < -0.4 is 85.7 Å². The second-order valence-electron chi connectivity index (χ2n) is 27.7. The molecule has 0 bridgehead atoms. The first-order valence-corrected chi connectivity index (χ1v) is 38.1. The molecule has 0 spiro atoms. The molecule has 1 saturated heterocycles. The molecule has 42 nitrogen and oxygen atoms in total. The number of hydrogen-bond donors (Lipinski definition) is 21. The number of unbranched alkanes of at least 4 members (excludes halogenated alkanes) is 6. The number of nitrogens with one attached hydrogen (secondary N) is 14. The molecule has 0 aromatic heterocycles. The molecular formula is C74H103N16O26P. The van der Waals surface area contributed by atoms with Gasteiger partial charge in [0, 0.05) is 30.5 Å². The predicted molar refractivity (Wildman–Crippen MR) is 415 cm³/mol. The Bertz CT molecular complexity index is 4110. The second-order valence-corrected chi connectivity index (χ2v) is 28.1. The number of Topliss-reactive ketones (excluding diaryl/α,β-unsaturated/α-hetero) is 1. The van der Waals surface area contributed by atoms with Crippen molar-refractivity contribution in [3.8, 4) is 0 Å². The lowest BCUT2D eigenvalue weighted by Crippen LogP contribution is -2.62. The van der Waals surface area contributed by atoms with Crippen LogP contribution in [-0.4, -0.2) is 243 Å². The monoisotopic (exact) mass is 1660 g/mol. The molecule has 3 aromatic carbocycles. The number of carboxylic acid groups (broad SMARTS) is 4. The molecule has 23 N–H and O–H groups in total. The first-order chi connectivity index (χ1) is 55.4. The number of ether oxygens (including phenoxy) is 1. The molecule has 3 aromatic rings. The standard InChI is InChI=1S/C74H103N16O26P/c1-5-6-7-8-9-10-11-25-55(94)82-46(28-41-20-16-19-40-18-12-13-21-42(40)41)68(109)85-47(30-54(76)93)69(110)87-50(33-61(103)104)70(111)90-63-39(4)116-74(115)51(29-53(92)43-22-14-15-23-44(43)75)88-73(114)62(37(2)27-58(97)98)89-71(112)52(36-91)83-57(96)34-77-65(106)48(31-59(99)100)84-64(105)38(3)80-67(108)49(32-60(101)102)86-66(107)45(24-17-26-79-117)81-56(95)35-78-72(63)113/h12-16,18-23,37-39,45-52,62-63,79,91H,5-11,17,24-36,75,117H2,1-4H3,(H2,76,93)(H,77,106)(H,78,113)(H,80,108)(H,81,95)(H,82,94)(H,83,96)(H,84,105)(H,85,109)(H,86,107)(H,87,110)(H,88,114)(H,89,112)(H,90,111)(H,97,98)(H,99,100)(H,101,102)(H,103,104). The quantitative estimate of drug-likeness (QED) is 0.00857. The summed E-state index contributed by atoms with van der Waals surface area (Å²) in [6, 6.07) is -5.11. The molecular weight excluding hydrogens is 1560 g/mol. The summed E-state index contributed by atoms with van der Waals surface area (Å²) in [6.45, 7) is 1.44. The van der Waals surface area contributed by atoms with E-state index >= 15 is 0 Å². The Morgan fingerprint density at radius 2 is 1.08 bits per heavy atom. The van der Waals surface area contributed by atoms with Crippen molar-refractivity contribution in [2.24, 2.45) is 11.7 Å². The second kappa shape index (κ2) is 49.4. The zero-order valence-corrected chi connectivity index (χ0v) is 65.9. The number of esters is 1. The number of amides is 14. The molecule has 1 heterocycles. The number of aliphatic hydroxyl groups is 1. The summed E-state index contributed by atoms with van der Waals surface area (Å²) in [5, 5.41) is 82.5. The van der Waals surface area contributed by atoms with Gasteiger partial charge in [0.05, 0.1) is 51.8 Å². The Morgan fingerprint density at radius 1 is 0.538 bits per heavy atom. The van der Waals surface area contributed by atoms with Crippen molar-refractivity contribution in [1.29, 1.82) is 0 Å². The number of carboxylic acids is 4. The number of fused-ring (bicyclic) bond motifs is 1. The topological polar surface area (TPSA) is 672 Å². The van der Waals surface area contributed by atoms with Gasteiger partial charge in [-0.25, -0.2) is 4.79 Å². The number of primary amides is 1. The smallest absolute Gasteiger partial charge is 0.329 e. The number of nitrogen functional groups attached to an aromatic ring is 1. The van der Waals surface area contributed by atoms with Crippen LogP contribution in [-0.2, 0) is 102 Å². The fraction of sp³-hybridized carbons (Fsp3) is 0.514.